The van der Waals surface area contributed by atoms with Crippen molar-refractivity contribution in [1.82, 2.24) is 15.1 Å². The third kappa shape index (κ3) is 4.15. The summed E-state index contributed by atoms with van der Waals surface area (Å²) in [5, 5.41) is 7.23. The Bertz CT molecular complexity index is 372. The van der Waals surface area contributed by atoms with Crippen LogP contribution in [0.15, 0.2) is 16.9 Å². The van der Waals surface area contributed by atoms with E-state index in [1.807, 2.05) is 6.20 Å². The fourth-order valence-electron chi connectivity index (χ4n) is 2.22. The maximum atomic E-state index is 11.7. The number of nitrogens with zero attached hydrogens (tertiary/aromatic N) is 2. The summed E-state index contributed by atoms with van der Waals surface area (Å²) in [5.74, 6) is 0.142. The molecule has 4 nitrogen and oxygen atoms in total. The minimum atomic E-state index is 0.142. The number of nitrogens with one attached hydrogen (secondary N) is 1. The number of amides is 1. The summed E-state index contributed by atoms with van der Waals surface area (Å²) < 4.78 is 2.73. The molecule has 1 fully saturated rings. The van der Waals surface area contributed by atoms with Crippen LogP contribution in [0.25, 0.3) is 0 Å². The largest absolute Gasteiger partial charge is 0.353 e. The topological polar surface area (TPSA) is 46.9 Å². The Kier molecular flexibility index (Phi) is 4.59. The quantitative estimate of drug-likeness (QED) is 0.928. The first kappa shape index (κ1) is 12.6. The summed E-state index contributed by atoms with van der Waals surface area (Å²) in [7, 11) is 0. The van der Waals surface area contributed by atoms with Crippen molar-refractivity contribution in [1.29, 1.82) is 0 Å². The van der Waals surface area contributed by atoms with Crippen LogP contribution in [0.5, 0.6) is 0 Å². The lowest BCUT2D eigenvalue weighted by molar-refractivity contribution is -0.122. The number of hydrogen-bond acceptors (Lipinski definition) is 2. The van der Waals surface area contributed by atoms with E-state index in [1.54, 1.807) is 10.9 Å². The molecule has 1 aromatic heterocycles. The smallest absolute Gasteiger partial charge is 0.222 e. The summed E-state index contributed by atoms with van der Waals surface area (Å²) in [6, 6.07) is 0.403. The van der Waals surface area contributed by atoms with Gasteiger partial charge in [-0.1, -0.05) is 19.3 Å². The van der Waals surface area contributed by atoms with E-state index < -0.39 is 0 Å². The Morgan fingerprint density at radius 2 is 2.24 bits per heavy atom. The first-order valence-corrected chi connectivity index (χ1v) is 7.00. The van der Waals surface area contributed by atoms with Gasteiger partial charge in [0.1, 0.15) is 0 Å². The van der Waals surface area contributed by atoms with E-state index in [-0.39, 0.29) is 5.91 Å². The van der Waals surface area contributed by atoms with Crippen LogP contribution in [-0.2, 0) is 11.3 Å². The van der Waals surface area contributed by atoms with Crippen LogP contribution in [0.1, 0.15) is 38.5 Å². The molecular weight excluding hydrogens is 282 g/mol. The highest BCUT2D eigenvalue weighted by Crippen LogP contribution is 2.17. The molecule has 0 radical (unpaired) electrons. The molecule has 1 aliphatic carbocycles. The van der Waals surface area contributed by atoms with Crippen molar-refractivity contribution in [2.24, 2.45) is 0 Å². The summed E-state index contributed by atoms with van der Waals surface area (Å²) in [5.41, 5.74) is 0. The van der Waals surface area contributed by atoms with E-state index in [2.05, 4.69) is 26.3 Å². The molecular formula is C12H18BrN3O. The summed E-state index contributed by atoms with van der Waals surface area (Å²) in [6.45, 7) is 0.643. The molecule has 0 aliphatic heterocycles. The fraction of sp³-hybridized carbons (Fsp3) is 0.667. The van der Waals surface area contributed by atoms with Gasteiger partial charge in [-0.15, -0.1) is 0 Å². The van der Waals surface area contributed by atoms with E-state index >= 15 is 0 Å². The highest BCUT2D eigenvalue weighted by molar-refractivity contribution is 9.10. The Morgan fingerprint density at radius 1 is 1.47 bits per heavy atom. The number of aryl methyl sites for hydroxylation is 1. The van der Waals surface area contributed by atoms with Gasteiger partial charge >= 0.3 is 0 Å². The van der Waals surface area contributed by atoms with E-state index in [0.717, 1.165) is 17.3 Å². The zero-order valence-corrected chi connectivity index (χ0v) is 11.4. The molecule has 2 rings (SSSR count). The summed E-state index contributed by atoms with van der Waals surface area (Å²) >= 11 is 3.33. The van der Waals surface area contributed by atoms with Crippen LogP contribution < -0.4 is 5.32 Å². The second-order valence-electron chi connectivity index (χ2n) is 4.57. The van der Waals surface area contributed by atoms with Gasteiger partial charge in [-0.05, 0) is 28.8 Å². The van der Waals surface area contributed by atoms with Crippen molar-refractivity contribution >= 4 is 21.8 Å². The van der Waals surface area contributed by atoms with E-state index in [9.17, 15) is 4.79 Å². The second-order valence-corrected chi connectivity index (χ2v) is 5.49. The molecule has 0 unspecified atom stereocenters. The highest BCUT2D eigenvalue weighted by atomic mass is 79.9. The standard InChI is InChI=1S/C12H18BrN3O/c13-10-8-14-16(9-10)7-6-12(17)15-11-4-2-1-3-5-11/h8-9,11H,1-7H2,(H,15,17). The number of halogens is 1. The van der Waals surface area contributed by atoms with Crippen molar-refractivity contribution < 1.29 is 4.79 Å². The number of carbonyl (C=O) groups is 1. The van der Waals surface area contributed by atoms with Crippen molar-refractivity contribution in [2.75, 3.05) is 0 Å². The van der Waals surface area contributed by atoms with Crippen LogP contribution in [0.3, 0.4) is 0 Å². The number of rotatable bonds is 4. The molecule has 1 aromatic rings. The maximum absolute atomic E-state index is 11.7. The van der Waals surface area contributed by atoms with Gasteiger partial charge in [-0.25, -0.2) is 0 Å². The van der Waals surface area contributed by atoms with Gasteiger partial charge in [0.05, 0.1) is 10.7 Å². The van der Waals surface area contributed by atoms with Gasteiger partial charge in [0.25, 0.3) is 0 Å². The normalized spacial score (nSPS) is 17.0. The van der Waals surface area contributed by atoms with Gasteiger partial charge in [-0.3, -0.25) is 9.48 Å². The minimum absolute atomic E-state index is 0.142. The van der Waals surface area contributed by atoms with Crippen molar-refractivity contribution in [2.45, 2.75) is 51.1 Å². The lowest BCUT2D eigenvalue weighted by Gasteiger charge is -2.22. The zero-order chi connectivity index (χ0) is 12.1. The number of hydrogen-bond donors (Lipinski definition) is 1. The molecule has 1 N–H and O–H groups in total. The fourth-order valence-corrected chi connectivity index (χ4v) is 2.55. The monoisotopic (exact) mass is 299 g/mol. The molecule has 0 aromatic carbocycles. The number of carbonyl (C=O) groups excluding carboxylic acids is 1. The third-order valence-corrected chi connectivity index (χ3v) is 3.55. The van der Waals surface area contributed by atoms with Crippen molar-refractivity contribution in [3.05, 3.63) is 16.9 Å². The molecule has 17 heavy (non-hydrogen) atoms. The summed E-state index contributed by atoms with van der Waals surface area (Å²) in [6.07, 6.45) is 10.2. The van der Waals surface area contributed by atoms with E-state index in [1.165, 1.54) is 19.3 Å². The van der Waals surface area contributed by atoms with Gasteiger partial charge in [0.15, 0.2) is 0 Å². The van der Waals surface area contributed by atoms with Crippen molar-refractivity contribution in [3.63, 3.8) is 0 Å². The van der Waals surface area contributed by atoms with Gasteiger partial charge in [0, 0.05) is 25.2 Å². The molecule has 0 saturated heterocycles. The maximum Gasteiger partial charge on any atom is 0.222 e. The molecule has 1 amide bonds. The van der Waals surface area contributed by atoms with Crippen LogP contribution in [0.2, 0.25) is 0 Å². The Hall–Kier alpha value is -0.840. The molecule has 94 valence electrons. The molecule has 1 aliphatic rings. The molecule has 0 bridgehead atoms. The van der Waals surface area contributed by atoms with Crippen LogP contribution in [0.4, 0.5) is 0 Å². The molecule has 0 atom stereocenters. The average molecular weight is 300 g/mol. The van der Waals surface area contributed by atoms with Crippen LogP contribution in [0, 0.1) is 0 Å². The molecule has 5 heteroatoms. The average Bonchev–Trinajstić information content (AvgIpc) is 2.74. The Morgan fingerprint density at radius 3 is 2.88 bits per heavy atom. The highest BCUT2D eigenvalue weighted by Gasteiger charge is 2.15. The zero-order valence-electron chi connectivity index (χ0n) is 9.86. The SMILES string of the molecule is O=C(CCn1cc(Br)cn1)NC1CCCCC1. The molecule has 1 saturated carbocycles. The molecule has 1 heterocycles. The minimum Gasteiger partial charge on any atom is -0.353 e. The van der Waals surface area contributed by atoms with Gasteiger partial charge in [-0.2, -0.15) is 5.10 Å². The lowest BCUT2D eigenvalue weighted by Crippen LogP contribution is -2.36. The predicted molar refractivity (Wildman–Crippen MR) is 69.6 cm³/mol. The van der Waals surface area contributed by atoms with Crippen LogP contribution >= 0.6 is 15.9 Å². The Balaban J connectivity index is 1.70. The van der Waals surface area contributed by atoms with E-state index in [0.29, 0.717) is 19.0 Å². The third-order valence-electron chi connectivity index (χ3n) is 3.14. The molecule has 0 spiro atoms. The van der Waals surface area contributed by atoms with Crippen LogP contribution in [-0.4, -0.2) is 21.7 Å². The first-order valence-electron chi connectivity index (χ1n) is 6.21. The Labute approximate surface area is 110 Å². The van der Waals surface area contributed by atoms with Crippen molar-refractivity contribution in [3.8, 4) is 0 Å². The predicted octanol–water partition coefficient (Wildman–Crippen LogP) is 2.48. The number of aromatic nitrogens is 2. The van der Waals surface area contributed by atoms with Gasteiger partial charge < -0.3 is 5.32 Å². The second kappa shape index (κ2) is 6.19. The lowest BCUT2D eigenvalue weighted by atomic mass is 9.95. The summed E-state index contributed by atoms with van der Waals surface area (Å²) in [4.78, 5) is 11.7. The first-order chi connectivity index (χ1) is 8.24. The van der Waals surface area contributed by atoms with Gasteiger partial charge in [0.2, 0.25) is 5.91 Å². The van der Waals surface area contributed by atoms with E-state index in [4.69, 9.17) is 0 Å².